The van der Waals surface area contributed by atoms with Gasteiger partial charge in [0.25, 0.3) is 0 Å². The minimum atomic E-state index is -1.13. The summed E-state index contributed by atoms with van der Waals surface area (Å²) < 4.78 is 6.76. The molecule has 0 unspecified atom stereocenters. The SMILES string of the molecule is CC(C)(C)OC(=O)N1CCN(CC(=O)N2CCC(O)(Cn3cc([N+](=O)[O-])nc3Cl)CC2)CC1. The van der Waals surface area contributed by atoms with Gasteiger partial charge in [-0.3, -0.25) is 14.3 Å². The maximum Gasteiger partial charge on any atom is 0.410 e. The number of hydrogen-bond acceptors (Lipinski definition) is 8. The van der Waals surface area contributed by atoms with Crippen molar-refractivity contribution < 1.29 is 24.4 Å². The second kappa shape index (κ2) is 9.82. The number of aliphatic hydroxyl groups is 1. The van der Waals surface area contributed by atoms with Crippen LogP contribution in [0.2, 0.25) is 5.28 Å². The Bertz CT molecular complexity index is 884. The summed E-state index contributed by atoms with van der Waals surface area (Å²) in [6.07, 6.45) is 1.52. The standard InChI is InChI=1S/C20H31ClN6O6/c1-19(2,3)33-18(29)25-10-8-23(9-11-25)13-16(28)24-6-4-20(30,5-7-24)14-26-12-15(27(31)32)22-17(26)21/h12,30H,4-11,13-14H2,1-3H3. The molecule has 0 atom stereocenters. The van der Waals surface area contributed by atoms with Crippen molar-refractivity contribution in [1.29, 1.82) is 0 Å². The molecule has 1 N–H and O–H groups in total. The molecule has 2 amide bonds. The zero-order valence-electron chi connectivity index (χ0n) is 19.2. The molecule has 0 radical (unpaired) electrons. The van der Waals surface area contributed by atoms with Crippen LogP contribution < -0.4 is 0 Å². The van der Waals surface area contributed by atoms with Crippen LogP contribution in [0.4, 0.5) is 10.6 Å². The molecule has 2 saturated heterocycles. The lowest BCUT2D eigenvalue weighted by atomic mass is 9.91. The topological polar surface area (TPSA) is 134 Å². The first-order chi connectivity index (χ1) is 15.3. The number of piperidine rings is 1. The van der Waals surface area contributed by atoms with Crippen molar-refractivity contribution >= 4 is 29.4 Å². The molecule has 1 aromatic heterocycles. The van der Waals surface area contributed by atoms with Crippen molar-refractivity contribution in [3.63, 3.8) is 0 Å². The van der Waals surface area contributed by atoms with E-state index in [0.29, 0.717) is 52.1 Å². The molecule has 2 aliphatic rings. The second-order valence-electron chi connectivity index (χ2n) is 9.60. The van der Waals surface area contributed by atoms with Crippen LogP contribution in [0.25, 0.3) is 0 Å². The number of carbonyl (C=O) groups excluding carboxylic acids is 2. The Morgan fingerprint density at radius 1 is 1.18 bits per heavy atom. The third-order valence-electron chi connectivity index (χ3n) is 5.80. The van der Waals surface area contributed by atoms with E-state index < -0.39 is 16.1 Å². The summed E-state index contributed by atoms with van der Waals surface area (Å²) in [7, 11) is 0. The molecule has 12 nitrogen and oxygen atoms in total. The van der Waals surface area contributed by atoms with Crippen LogP contribution in [-0.2, 0) is 16.1 Å². The molecule has 0 spiro atoms. The fraction of sp³-hybridized carbons (Fsp3) is 0.750. The number of hydrogen-bond donors (Lipinski definition) is 1. The minimum Gasteiger partial charge on any atom is -0.444 e. The molecule has 0 saturated carbocycles. The molecule has 184 valence electrons. The zero-order chi connectivity index (χ0) is 24.4. The van der Waals surface area contributed by atoms with E-state index in [0.717, 1.165) is 0 Å². The molecule has 2 fully saturated rings. The van der Waals surface area contributed by atoms with Gasteiger partial charge >= 0.3 is 17.2 Å². The van der Waals surface area contributed by atoms with Crippen molar-refractivity contribution in [2.75, 3.05) is 45.8 Å². The average molecular weight is 487 g/mol. The molecule has 3 heterocycles. The maximum absolute atomic E-state index is 12.8. The van der Waals surface area contributed by atoms with Crippen molar-refractivity contribution in [3.8, 4) is 0 Å². The third kappa shape index (κ3) is 6.78. The fourth-order valence-electron chi connectivity index (χ4n) is 3.93. The summed E-state index contributed by atoms with van der Waals surface area (Å²) in [6.45, 7) is 8.72. The number of piperazine rings is 1. The van der Waals surface area contributed by atoms with Crippen LogP contribution in [0.5, 0.6) is 0 Å². The van der Waals surface area contributed by atoms with Gasteiger partial charge in [0.2, 0.25) is 5.91 Å². The van der Waals surface area contributed by atoms with Gasteiger partial charge in [0.1, 0.15) is 11.8 Å². The predicted octanol–water partition coefficient (Wildman–Crippen LogP) is 1.35. The van der Waals surface area contributed by atoms with E-state index in [2.05, 4.69) is 4.98 Å². The number of likely N-dealkylation sites (tertiary alicyclic amines) is 1. The summed E-state index contributed by atoms with van der Waals surface area (Å²) in [5, 5.41) is 21.7. The van der Waals surface area contributed by atoms with E-state index in [1.807, 2.05) is 25.7 Å². The van der Waals surface area contributed by atoms with Gasteiger partial charge in [-0.05, 0) is 55.1 Å². The van der Waals surface area contributed by atoms with Gasteiger partial charge in [-0.1, -0.05) is 0 Å². The largest absolute Gasteiger partial charge is 0.444 e. The number of nitrogens with zero attached hydrogens (tertiary/aromatic N) is 6. The average Bonchev–Trinajstić information content (AvgIpc) is 3.08. The number of imidazole rings is 1. The van der Waals surface area contributed by atoms with Crippen molar-refractivity contribution in [2.24, 2.45) is 0 Å². The Morgan fingerprint density at radius 3 is 2.30 bits per heavy atom. The number of halogens is 1. The van der Waals surface area contributed by atoms with Crippen LogP contribution >= 0.6 is 11.6 Å². The highest BCUT2D eigenvalue weighted by Crippen LogP contribution is 2.27. The number of nitro groups is 1. The summed E-state index contributed by atoms with van der Waals surface area (Å²) in [4.78, 5) is 44.2. The smallest absolute Gasteiger partial charge is 0.410 e. The Balaban J connectivity index is 1.44. The Morgan fingerprint density at radius 2 is 1.79 bits per heavy atom. The van der Waals surface area contributed by atoms with E-state index in [4.69, 9.17) is 16.3 Å². The highest BCUT2D eigenvalue weighted by Gasteiger charge is 2.36. The van der Waals surface area contributed by atoms with Crippen LogP contribution in [0.3, 0.4) is 0 Å². The van der Waals surface area contributed by atoms with Gasteiger partial charge in [0, 0.05) is 39.3 Å². The van der Waals surface area contributed by atoms with Gasteiger partial charge in [-0.2, -0.15) is 0 Å². The normalized spacial score (nSPS) is 19.4. The van der Waals surface area contributed by atoms with E-state index in [9.17, 15) is 24.8 Å². The molecular weight excluding hydrogens is 456 g/mol. The Hall–Kier alpha value is -2.44. The van der Waals surface area contributed by atoms with E-state index in [-0.39, 0.29) is 36.2 Å². The predicted molar refractivity (Wildman–Crippen MR) is 119 cm³/mol. The first-order valence-corrected chi connectivity index (χ1v) is 11.3. The van der Waals surface area contributed by atoms with Gasteiger partial charge in [0.15, 0.2) is 0 Å². The lowest BCUT2D eigenvalue weighted by Gasteiger charge is -2.40. The molecule has 2 aliphatic heterocycles. The van der Waals surface area contributed by atoms with Crippen LogP contribution in [0.1, 0.15) is 33.6 Å². The van der Waals surface area contributed by atoms with Gasteiger partial charge in [0.05, 0.1) is 18.7 Å². The Labute approximate surface area is 197 Å². The van der Waals surface area contributed by atoms with Crippen molar-refractivity contribution in [1.82, 2.24) is 24.3 Å². The van der Waals surface area contributed by atoms with Crippen LogP contribution in [-0.4, -0.2) is 103 Å². The van der Waals surface area contributed by atoms with E-state index in [1.165, 1.54) is 10.8 Å². The third-order valence-corrected chi connectivity index (χ3v) is 6.10. The lowest BCUT2D eigenvalue weighted by Crippen LogP contribution is -2.54. The summed E-state index contributed by atoms with van der Waals surface area (Å²) in [5.41, 5.74) is -1.67. The molecule has 1 aromatic rings. The molecule has 0 bridgehead atoms. The fourth-order valence-corrected chi connectivity index (χ4v) is 4.13. The lowest BCUT2D eigenvalue weighted by molar-refractivity contribution is -0.389. The van der Waals surface area contributed by atoms with Gasteiger partial charge in [-0.25, -0.2) is 4.79 Å². The molecular formula is C20H31ClN6O6. The maximum atomic E-state index is 12.8. The summed E-state index contributed by atoms with van der Waals surface area (Å²) in [5.74, 6) is -0.401. The number of ether oxygens (including phenoxy) is 1. The number of amides is 2. The molecule has 33 heavy (non-hydrogen) atoms. The zero-order valence-corrected chi connectivity index (χ0v) is 20.0. The van der Waals surface area contributed by atoms with E-state index in [1.54, 1.807) is 9.80 Å². The minimum absolute atomic E-state index is 0.0286. The van der Waals surface area contributed by atoms with Crippen LogP contribution in [0, 0.1) is 10.1 Å². The molecule has 0 aromatic carbocycles. The quantitative estimate of drug-likeness (QED) is 0.486. The van der Waals surface area contributed by atoms with Gasteiger partial charge in [-0.15, -0.1) is 0 Å². The van der Waals surface area contributed by atoms with Crippen molar-refractivity contribution in [3.05, 3.63) is 21.6 Å². The van der Waals surface area contributed by atoms with Crippen LogP contribution in [0.15, 0.2) is 6.20 Å². The van der Waals surface area contributed by atoms with Crippen molar-refractivity contribution in [2.45, 2.75) is 51.4 Å². The molecule has 0 aliphatic carbocycles. The highest BCUT2D eigenvalue weighted by molar-refractivity contribution is 6.28. The second-order valence-corrected chi connectivity index (χ2v) is 9.94. The first kappa shape index (κ1) is 25.2. The summed E-state index contributed by atoms with van der Waals surface area (Å²) >= 11 is 5.95. The number of rotatable bonds is 5. The number of aromatic nitrogens is 2. The first-order valence-electron chi connectivity index (χ1n) is 10.9. The summed E-state index contributed by atoms with van der Waals surface area (Å²) in [6, 6.07) is 0. The van der Waals surface area contributed by atoms with Gasteiger partial charge < -0.3 is 29.8 Å². The number of carbonyl (C=O) groups is 2. The Kier molecular flexibility index (Phi) is 7.49. The highest BCUT2D eigenvalue weighted by atomic mass is 35.5. The molecule has 3 rings (SSSR count). The molecule has 13 heteroatoms. The monoisotopic (exact) mass is 486 g/mol. The van der Waals surface area contributed by atoms with E-state index >= 15 is 0 Å².